The SMILES string of the molecule is Cn1c(=O)[nH]c(=O)c2c1nc(CN1CCCCC1)n2CCc1ccccc1. The number of nitrogens with zero attached hydrogens (tertiary/aromatic N) is 4. The van der Waals surface area contributed by atoms with Crippen molar-refractivity contribution in [3.63, 3.8) is 0 Å². The number of hydrogen-bond donors (Lipinski definition) is 1. The fraction of sp³-hybridized carbons (Fsp3) is 0.450. The molecule has 0 amide bonds. The molecule has 1 aliphatic heterocycles. The lowest BCUT2D eigenvalue weighted by Gasteiger charge is -2.26. The van der Waals surface area contributed by atoms with Crippen LogP contribution >= 0.6 is 0 Å². The molecule has 0 aliphatic carbocycles. The van der Waals surface area contributed by atoms with Crippen LogP contribution in [0.4, 0.5) is 0 Å². The summed E-state index contributed by atoms with van der Waals surface area (Å²) in [6.07, 6.45) is 4.48. The number of H-pyrrole nitrogens is 1. The Balaban J connectivity index is 1.75. The molecule has 0 radical (unpaired) electrons. The van der Waals surface area contributed by atoms with Gasteiger partial charge in [0, 0.05) is 13.6 Å². The van der Waals surface area contributed by atoms with Gasteiger partial charge in [-0.1, -0.05) is 36.8 Å². The minimum absolute atomic E-state index is 0.362. The number of fused-ring (bicyclic) bond motifs is 1. The lowest BCUT2D eigenvalue weighted by atomic mass is 10.1. The van der Waals surface area contributed by atoms with E-state index in [4.69, 9.17) is 4.98 Å². The first-order valence-electron chi connectivity index (χ1n) is 9.58. The normalized spacial score (nSPS) is 15.4. The number of likely N-dealkylation sites (tertiary alicyclic amines) is 1. The van der Waals surface area contributed by atoms with Gasteiger partial charge in [-0.2, -0.15) is 0 Å². The van der Waals surface area contributed by atoms with Crippen molar-refractivity contribution in [3.05, 3.63) is 62.6 Å². The van der Waals surface area contributed by atoms with E-state index in [9.17, 15) is 9.59 Å². The first-order chi connectivity index (χ1) is 13.1. The minimum atomic E-state index is -0.426. The van der Waals surface area contributed by atoms with E-state index in [-0.39, 0.29) is 5.56 Å². The second-order valence-electron chi connectivity index (χ2n) is 7.24. The summed E-state index contributed by atoms with van der Waals surface area (Å²) in [4.78, 5) is 34.0. The average molecular weight is 367 g/mol. The molecule has 7 nitrogen and oxygen atoms in total. The molecule has 0 saturated carbocycles. The molecule has 0 atom stereocenters. The molecule has 4 rings (SSSR count). The maximum atomic E-state index is 12.5. The molecule has 1 aromatic carbocycles. The summed E-state index contributed by atoms with van der Waals surface area (Å²) in [7, 11) is 1.65. The van der Waals surface area contributed by atoms with E-state index >= 15 is 0 Å². The van der Waals surface area contributed by atoms with E-state index in [2.05, 4.69) is 22.0 Å². The molecule has 7 heteroatoms. The number of hydrogen-bond acceptors (Lipinski definition) is 4. The topological polar surface area (TPSA) is 75.9 Å². The lowest BCUT2D eigenvalue weighted by molar-refractivity contribution is 0.213. The average Bonchev–Trinajstić information content (AvgIpc) is 3.05. The maximum absolute atomic E-state index is 12.5. The molecular formula is C20H25N5O2. The minimum Gasteiger partial charge on any atom is -0.321 e. The largest absolute Gasteiger partial charge is 0.329 e. The molecule has 1 fully saturated rings. The van der Waals surface area contributed by atoms with Crippen molar-refractivity contribution in [2.45, 2.75) is 38.8 Å². The standard InChI is InChI=1S/C20H25N5O2/c1-23-18-17(19(26)22-20(23)27)25(13-10-15-8-4-2-5-9-15)16(21-18)14-24-11-6-3-7-12-24/h2,4-5,8-9H,3,6-7,10-14H2,1H3,(H,22,26,27). The molecule has 1 aliphatic rings. The second-order valence-corrected chi connectivity index (χ2v) is 7.24. The lowest BCUT2D eigenvalue weighted by Crippen LogP contribution is -2.31. The zero-order chi connectivity index (χ0) is 18.8. The summed E-state index contributed by atoms with van der Waals surface area (Å²) in [6.45, 7) is 3.47. The van der Waals surface area contributed by atoms with Crippen molar-refractivity contribution in [1.82, 2.24) is 24.0 Å². The van der Waals surface area contributed by atoms with Gasteiger partial charge in [-0.05, 0) is 37.9 Å². The molecule has 3 aromatic rings. The number of piperidine rings is 1. The van der Waals surface area contributed by atoms with E-state index in [0.29, 0.717) is 24.3 Å². The van der Waals surface area contributed by atoms with E-state index < -0.39 is 5.69 Å². The molecule has 1 saturated heterocycles. The number of nitrogens with one attached hydrogen (secondary N) is 1. The van der Waals surface area contributed by atoms with Gasteiger partial charge in [0.1, 0.15) is 5.82 Å². The third kappa shape index (κ3) is 3.60. The van der Waals surface area contributed by atoms with Crippen LogP contribution in [0.5, 0.6) is 0 Å². The second kappa shape index (κ2) is 7.52. The zero-order valence-corrected chi connectivity index (χ0v) is 15.6. The fourth-order valence-electron chi connectivity index (χ4n) is 3.84. The molecule has 142 valence electrons. The highest BCUT2D eigenvalue weighted by Gasteiger charge is 2.20. The predicted octanol–water partition coefficient (Wildman–Crippen LogP) is 1.65. The van der Waals surface area contributed by atoms with Crippen LogP contribution in [0.25, 0.3) is 11.2 Å². The van der Waals surface area contributed by atoms with Gasteiger partial charge in [-0.25, -0.2) is 9.78 Å². The van der Waals surface area contributed by atoms with E-state index in [1.807, 2.05) is 22.8 Å². The Bertz CT molecular complexity index is 1040. The summed E-state index contributed by atoms with van der Waals surface area (Å²) < 4.78 is 3.42. The van der Waals surface area contributed by atoms with E-state index in [1.54, 1.807) is 7.05 Å². The van der Waals surface area contributed by atoms with Crippen molar-refractivity contribution in [3.8, 4) is 0 Å². The van der Waals surface area contributed by atoms with Gasteiger partial charge in [0.05, 0.1) is 6.54 Å². The molecule has 1 N–H and O–H groups in total. The van der Waals surface area contributed by atoms with Gasteiger partial charge in [-0.15, -0.1) is 0 Å². The highest BCUT2D eigenvalue weighted by Crippen LogP contribution is 2.17. The molecule has 0 bridgehead atoms. The number of imidazole rings is 1. The molecule has 0 spiro atoms. The predicted molar refractivity (Wildman–Crippen MR) is 105 cm³/mol. The summed E-state index contributed by atoms with van der Waals surface area (Å²) in [5, 5.41) is 0. The molecule has 2 aromatic heterocycles. The van der Waals surface area contributed by atoms with Crippen LogP contribution in [-0.4, -0.2) is 37.1 Å². The maximum Gasteiger partial charge on any atom is 0.329 e. The van der Waals surface area contributed by atoms with Crippen molar-refractivity contribution in [1.29, 1.82) is 0 Å². The number of aromatic nitrogens is 4. The van der Waals surface area contributed by atoms with E-state index in [1.165, 1.54) is 29.4 Å². The molecular weight excluding hydrogens is 342 g/mol. The van der Waals surface area contributed by atoms with Crippen LogP contribution in [0.3, 0.4) is 0 Å². The fourth-order valence-corrected chi connectivity index (χ4v) is 3.84. The third-order valence-electron chi connectivity index (χ3n) is 5.37. The van der Waals surface area contributed by atoms with Crippen LogP contribution in [0.2, 0.25) is 0 Å². The van der Waals surface area contributed by atoms with Gasteiger partial charge in [-0.3, -0.25) is 19.2 Å². The molecule has 27 heavy (non-hydrogen) atoms. The first kappa shape index (κ1) is 17.7. The Labute approximate surface area is 157 Å². The Morgan fingerprint density at radius 1 is 1.07 bits per heavy atom. The Kier molecular flexibility index (Phi) is 4.94. The Morgan fingerprint density at radius 3 is 2.56 bits per heavy atom. The van der Waals surface area contributed by atoms with Crippen LogP contribution in [0, 0.1) is 0 Å². The van der Waals surface area contributed by atoms with Crippen LogP contribution in [0.15, 0.2) is 39.9 Å². The number of aromatic amines is 1. The van der Waals surface area contributed by atoms with Crippen molar-refractivity contribution >= 4 is 11.2 Å². The number of rotatable bonds is 5. The Hall–Kier alpha value is -2.67. The van der Waals surface area contributed by atoms with Crippen molar-refractivity contribution in [2.75, 3.05) is 13.1 Å². The summed E-state index contributed by atoms with van der Waals surface area (Å²) in [5.74, 6) is 0.856. The van der Waals surface area contributed by atoms with Crippen LogP contribution in [-0.2, 0) is 26.6 Å². The molecule has 0 unspecified atom stereocenters. The first-order valence-corrected chi connectivity index (χ1v) is 9.58. The van der Waals surface area contributed by atoms with Gasteiger partial charge in [0.15, 0.2) is 11.2 Å². The quantitative estimate of drug-likeness (QED) is 0.744. The highest BCUT2D eigenvalue weighted by atomic mass is 16.2. The van der Waals surface area contributed by atoms with Crippen LogP contribution in [0.1, 0.15) is 30.7 Å². The smallest absolute Gasteiger partial charge is 0.321 e. The van der Waals surface area contributed by atoms with Crippen molar-refractivity contribution in [2.24, 2.45) is 7.05 Å². The van der Waals surface area contributed by atoms with Gasteiger partial charge in [0.2, 0.25) is 0 Å². The zero-order valence-electron chi connectivity index (χ0n) is 15.6. The monoisotopic (exact) mass is 367 g/mol. The van der Waals surface area contributed by atoms with Gasteiger partial charge >= 0.3 is 5.69 Å². The Morgan fingerprint density at radius 2 is 1.81 bits per heavy atom. The number of benzene rings is 1. The number of aryl methyl sites for hydroxylation is 3. The highest BCUT2D eigenvalue weighted by molar-refractivity contribution is 5.70. The van der Waals surface area contributed by atoms with Crippen LogP contribution < -0.4 is 11.2 Å². The van der Waals surface area contributed by atoms with Gasteiger partial charge in [0.25, 0.3) is 5.56 Å². The third-order valence-corrected chi connectivity index (χ3v) is 5.37. The van der Waals surface area contributed by atoms with E-state index in [0.717, 1.165) is 25.3 Å². The summed E-state index contributed by atoms with van der Waals surface area (Å²) in [5.41, 5.74) is 1.37. The summed E-state index contributed by atoms with van der Waals surface area (Å²) in [6, 6.07) is 10.2. The van der Waals surface area contributed by atoms with Gasteiger partial charge < -0.3 is 4.57 Å². The molecule has 3 heterocycles. The van der Waals surface area contributed by atoms with Crippen molar-refractivity contribution < 1.29 is 0 Å². The summed E-state index contributed by atoms with van der Waals surface area (Å²) >= 11 is 0.